The van der Waals surface area contributed by atoms with Crippen LogP contribution in [0.3, 0.4) is 0 Å². The summed E-state index contributed by atoms with van der Waals surface area (Å²) >= 11 is 4.94. The molecule has 1 heterocycles. The van der Waals surface area contributed by atoms with E-state index < -0.39 is 28.2 Å². The number of carbonyl (C=O) groups excluding carboxylic acids is 2. The highest BCUT2D eigenvalue weighted by molar-refractivity contribution is 7.80. The second kappa shape index (κ2) is 7.74. The largest absolute Gasteiger partial charge is 0.865 e. The van der Waals surface area contributed by atoms with Gasteiger partial charge in [-0.15, -0.1) is 6.58 Å². The first-order valence-electron chi connectivity index (χ1n) is 7.42. The maximum absolute atomic E-state index is 12.5. The number of rotatable bonds is 6. The number of ether oxygens (including phenoxy) is 1. The van der Waals surface area contributed by atoms with Crippen molar-refractivity contribution in [3.63, 3.8) is 0 Å². The Labute approximate surface area is 153 Å². The Hall–Kier alpha value is -3.27. The highest BCUT2D eigenvalue weighted by Gasteiger charge is 2.32. The SMILES string of the molecule is C=CCN1C(=O)/C(=C\c2cc(OCC)c([O-])c([N+](=O)[O-])c2)C(=O)NC1=S. The number of nitro benzene ring substituents is 1. The third-order valence-electron chi connectivity index (χ3n) is 3.36. The van der Waals surface area contributed by atoms with Gasteiger partial charge in [0.15, 0.2) is 5.11 Å². The van der Waals surface area contributed by atoms with Crippen LogP contribution in [-0.2, 0) is 9.59 Å². The van der Waals surface area contributed by atoms with Gasteiger partial charge in [-0.1, -0.05) is 6.08 Å². The van der Waals surface area contributed by atoms with Crippen molar-refractivity contribution in [3.05, 3.63) is 46.0 Å². The van der Waals surface area contributed by atoms with Crippen molar-refractivity contribution >= 4 is 40.9 Å². The molecule has 0 radical (unpaired) electrons. The Morgan fingerprint density at radius 1 is 1.42 bits per heavy atom. The van der Waals surface area contributed by atoms with Crippen LogP contribution in [0.5, 0.6) is 11.5 Å². The Balaban J connectivity index is 2.54. The summed E-state index contributed by atoms with van der Waals surface area (Å²) in [6, 6.07) is 2.21. The van der Waals surface area contributed by atoms with Gasteiger partial charge in [0.05, 0.1) is 11.5 Å². The van der Waals surface area contributed by atoms with Crippen molar-refractivity contribution in [3.8, 4) is 11.5 Å². The van der Waals surface area contributed by atoms with Crippen LogP contribution in [0.1, 0.15) is 12.5 Å². The van der Waals surface area contributed by atoms with E-state index in [1.54, 1.807) is 6.92 Å². The summed E-state index contributed by atoms with van der Waals surface area (Å²) in [5, 5.41) is 25.4. The molecule has 1 N–H and O–H groups in total. The average molecular weight is 376 g/mol. The molecule has 1 saturated heterocycles. The molecule has 1 aromatic rings. The standard InChI is InChI=1S/C16H15N3O6S/c1-3-5-18-15(22)10(14(21)17-16(18)26)6-9-7-11(19(23)24)13(20)12(8-9)25-4-2/h3,6-8,20H,1,4-5H2,2H3,(H,17,21,26)/p-1/b10-6-. The van der Waals surface area contributed by atoms with E-state index in [1.165, 1.54) is 12.1 Å². The van der Waals surface area contributed by atoms with Crippen molar-refractivity contribution in [2.24, 2.45) is 0 Å². The van der Waals surface area contributed by atoms with Crippen LogP contribution in [0.2, 0.25) is 0 Å². The molecule has 0 spiro atoms. The molecule has 10 heteroatoms. The van der Waals surface area contributed by atoms with Gasteiger partial charge in [0.2, 0.25) is 0 Å². The summed E-state index contributed by atoms with van der Waals surface area (Å²) in [5.74, 6) is -2.54. The lowest BCUT2D eigenvalue weighted by Crippen LogP contribution is -2.53. The van der Waals surface area contributed by atoms with E-state index >= 15 is 0 Å². The van der Waals surface area contributed by atoms with E-state index in [0.29, 0.717) is 0 Å². The third-order valence-corrected chi connectivity index (χ3v) is 3.69. The van der Waals surface area contributed by atoms with Crippen LogP contribution >= 0.6 is 12.2 Å². The number of amides is 2. The smallest absolute Gasteiger partial charge is 0.266 e. The lowest BCUT2D eigenvalue weighted by molar-refractivity contribution is -0.398. The number of hydrogen-bond donors (Lipinski definition) is 1. The highest BCUT2D eigenvalue weighted by atomic mass is 32.1. The van der Waals surface area contributed by atoms with E-state index in [0.717, 1.165) is 17.0 Å². The topological polar surface area (TPSA) is 125 Å². The molecule has 1 aromatic carbocycles. The zero-order chi connectivity index (χ0) is 19.4. The van der Waals surface area contributed by atoms with Gasteiger partial charge in [0.25, 0.3) is 17.5 Å². The van der Waals surface area contributed by atoms with Crippen LogP contribution in [0, 0.1) is 10.1 Å². The molecule has 0 aliphatic carbocycles. The van der Waals surface area contributed by atoms with Crippen LogP contribution < -0.4 is 15.2 Å². The molecule has 26 heavy (non-hydrogen) atoms. The van der Waals surface area contributed by atoms with E-state index in [4.69, 9.17) is 17.0 Å². The monoisotopic (exact) mass is 376 g/mol. The van der Waals surface area contributed by atoms with Gasteiger partial charge in [0.1, 0.15) is 11.3 Å². The molecule has 0 bridgehead atoms. The first kappa shape index (κ1) is 19.1. The lowest BCUT2D eigenvalue weighted by Gasteiger charge is -2.27. The molecule has 1 fully saturated rings. The lowest BCUT2D eigenvalue weighted by atomic mass is 10.1. The molecule has 2 amide bonds. The van der Waals surface area contributed by atoms with E-state index in [-0.39, 0.29) is 35.2 Å². The van der Waals surface area contributed by atoms with Gasteiger partial charge in [-0.2, -0.15) is 0 Å². The Bertz CT molecular complexity index is 849. The minimum atomic E-state index is -0.882. The zero-order valence-corrected chi connectivity index (χ0v) is 14.5. The predicted molar refractivity (Wildman–Crippen MR) is 94.3 cm³/mol. The van der Waals surface area contributed by atoms with Crippen LogP contribution in [0.15, 0.2) is 30.4 Å². The second-order valence-electron chi connectivity index (χ2n) is 5.08. The molecule has 0 atom stereocenters. The summed E-state index contributed by atoms with van der Waals surface area (Å²) in [7, 11) is 0. The summed E-state index contributed by atoms with van der Waals surface area (Å²) in [6.07, 6.45) is 2.58. The molecular formula is C16H14N3O6S-. The average Bonchev–Trinajstić information content (AvgIpc) is 2.57. The highest BCUT2D eigenvalue weighted by Crippen LogP contribution is 2.35. The normalized spacial score (nSPS) is 15.8. The van der Waals surface area contributed by atoms with E-state index in [1.807, 2.05) is 0 Å². The number of nitrogens with zero attached hydrogens (tertiary/aromatic N) is 2. The molecular weight excluding hydrogens is 362 g/mol. The summed E-state index contributed by atoms with van der Waals surface area (Å²) in [5.41, 5.74) is -0.898. The number of hydrogen-bond acceptors (Lipinski definition) is 7. The molecule has 1 aliphatic heterocycles. The van der Waals surface area contributed by atoms with Crippen molar-refractivity contribution in [2.45, 2.75) is 6.92 Å². The first-order chi connectivity index (χ1) is 12.3. The van der Waals surface area contributed by atoms with E-state index in [2.05, 4.69) is 11.9 Å². The number of carbonyl (C=O) groups is 2. The number of nitrogens with one attached hydrogen (secondary N) is 1. The van der Waals surface area contributed by atoms with Crippen LogP contribution in [0.25, 0.3) is 6.08 Å². The Kier molecular flexibility index (Phi) is 5.68. The maximum atomic E-state index is 12.5. The first-order valence-corrected chi connectivity index (χ1v) is 7.83. The van der Waals surface area contributed by atoms with Gasteiger partial charge in [0, 0.05) is 18.4 Å². The van der Waals surface area contributed by atoms with Crippen molar-refractivity contribution in [1.82, 2.24) is 10.2 Å². The molecule has 1 aliphatic rings. The fourth-order valence-corrected chi connectivity index (χ4v) is 2.50. The second-order valence-corrected chi connectivity index (χ2v) is 5.47. The predicted octanol–water partition coefficient (Wildman–Crippen LogP) is 0.880. The third kappa shape index (κ3) is 3.70. The fraction of sp³-hybridized carbons (Fsp3) is 0.188. The number of nitro groups is 1. The summed E-state index contributed by atoms with van der Waals surface area (Å²) in [4.78, 5) is 35.9. The molecule has 0 aromatic heterocycles. The van der Waals surface area contributed by atoms with Crippen molar-refractivity contribution in [1.29, 1.82) is 0 Å². The Morgan fingerprint density at radius 2 is 2.12 bits per heavy atom. The summed E-state index contributed by atoms with van der Waals surface area (Å²) < 4.78 is 5.11. The van der Waals surface area contributed by atoms with Gasteiger partial charge in [-0.25, -0.2) is 0 Å². The Morgan fingerprint density at radius 3 is 2.69 bits per heavy atom. The molecule has 136 valence electrons. The summed E-state index contributed by atoms with van der Waals surface area (Å²) in [6.45, 7) is 5.33. The molecule has 0 unspecified atom stereocenters. The van der Waals surface area contributed by atoms with Gasteiger partial charge >= 0.3 is 0 Å². The maximum Gasteiger partial charge on any atom is 0.266 e. The molecule has 0 saturated carbocycles. The van der Waals surface area contributed by atoms with Gasteiger partial charge in [-0.3, -0.25) is 29.9 Å². The number of thiocarbonyl (C=S) groups is 1. The fourth-order valence-electron chi connectivity index (χ4n) is 2.25. The van der Waals surface area contributed by atoms with Crippen LogP contribution in [0.4, 0.5) is 5.69 Å². The van der Waals surface area contributed by atoms with Gasteiger partial charge < -0.3 is 9.84 Å². The number of benzene rings is 1. The minimum absolute atomic E-state index is 0.0621. The van der Waals surface area contributed by atoms with Crippen molar-refractivity contribution in [2.75, 3.05) is 13.2 Å². The van der Waals surface area contributed by atoms with Crippen molar-refractivity contribution < 1.29 is 24.4 Å². The van der Waals surface area contributed by atoms with Crippen LogP contribution in [-0.4, -0.2) is 39.9 Å². The molecule has 2 rings (SSSR count). The van der Waals surface area contributed by atoms with E-state index in [9.17, 15) is 24.8 Å². The minimum Gasteiger partial charge on any atom is -0.865 e. The quantitative estimate of drug-likeness (QED) is 0.195. The zero-order valence-electron chi connectivity index (χ0n) is 13.7. The van der Waals surface area contributed by atoms with Gasteiger partial charge in [-0.05, 0) is 36.8 Å². The molecule has 9 nitrogen and oxygen atoms in total.